The third kappa shape index (κ3) is 5.86. The number of aryl methyl sites for hydroxylation is 1. The standard InChI is InChI=1S/C24H24N4O2.C5H10O2.C2H6/c1-28-12-24(13-28)10-20-21(23(29)27-24)17-8-5-15-11-25-19(9-18(15)22(17)26-20)14-3-6-16(30-2)7-4-14;1-5(2,3)7-4-6;1-2/h3-4,6-7,9,11,26H,5,8,10,12-13H2,1-2H3,(H,27,29);4H,1-3H3;1-2H3. The Morgan fingerprint density at radius 3 is 2.36 bits per heavy atom. The van der Waals surface area contributed by atoms with Crippen LogP contribution in [0.5, 0.6) is 5.75 Å². The van der Waals surface area contributed by atoms with Crippen molar-refractivity contribution in [1.29, 1.82) is 0 Å². The zero-order chi connectivity index (χ0) is 28.4. The monoisotopic (exact) mass is 532 g/mol. The normalized spacial score (nSPS) is 16.5. The number of hydrogen-bond donors (Lipinski definition) is 2. The largest absolute Gasteiger partial charge is 0.497 e. The van der Waals surface area contributed by atoms with Gasteiger partial charge in [0.05, 0.1) is 29.6 Å². The van der Waals surface area contributed by atoms with Crippen LogP contribution in [-0.4, -0.2) is 65.6 Å². The van der Waals surface area contributed by atoms with Gasteiger partial charge in [-0.15, -0.1) is 0 Å². The predicted octanol–water partition coefficient (Wildman–Crippen LogP) is 4.81. The first-order valence-corrected chi connectivity index (χ1v) is 13.6. The molecule has 208 valence electrons. The van der Waals surface area contributed by atoms with Crippen LogP contribution in [0.15, 0.2) is 36.5 Å². The molecule has 1 aromatic carbocycles. The Bertz CT molecular complexity index is 1330. The minimum Gasteiger partial charge on any atom is -0.497 e. The van der Waals surface area contributed by atoms with E-state index in [0.717, 1.165) is 71.9 Å². The molecule has 0 atom stereocenters. The molecule has 39 heavy (non-hydrogen) atoms. The molecule has 2 N–H and O–H groups in total. The van der Waals surface area contributed by atoms with Gasteiger partial charge in [-0.2, -0.15) is 0 Å². The molecular formula is C31H40N4O4. The molecule has 0 bridgehead atoms. The van der Waals surface area contributed by atoms with Gasteiger partial charge in [-0.1, -0.05) is 13.8 Å². The third-order valence-corrected chi connectivity index (χ3v) is 7.13. The zero-order valence-corrected chi connectivity index (χ0v) is 24.1. The van der Waals surface area contributed by atoms with Crippen LogP contribution in [0.1, 0.15) is 61.8 Å². The number of carbonyl (C=O) groups is 2. The first kappa shape index (κ1) is 28.4. The number of amides is 1. The minimum atomic E-state index is -0.318. The van der Waals surface area contributed by atoms with Crippen molar-refractivity contribution >= 4 is 12.4 Å². The molecule has 3 aromatic rings. The second-order valence-corrected chi connectivity index (χ2v) is 11.2. The number of pyridine rings is 1. The van der Waals surface area contributed by atoms with Crippen molar-refractivity contribution in [3.8, 4) is 28.3 Å². The lowest BCUT2D eigenvalue weighted by Crippen LogP contribution is -2.71. The Morgan fingerprint density at radius 1 is 1.10 bits per heavy atom. The van der Waals surface area contributed by atoms with Gasteiger partial charge in [0.2, 0.25) is 0 Å². The summed E-state index contributed by atoms with van der Waals surface area (Å²) < 4.78 is 9.82. The van der Waals surface area contributed by atoms with Gasteiger partial charge >= 0.3 is 0 Å². The molecule has 1 spiro atoms. The highest BCUT2D eigenvalue weighted by Gasteiger charge is 2.47. The van der Waals surface area contributed by atoms with Gasteiger partial charge in [-0.3, -0.25) is 14.6 Å². The lowest BCUT2D eigenvalue weighted by molar-refractivity contribution is -0.138. The number of H-pyrrole nitrogens is 1. The average molecular weight is 533 g/mol. The lowest BCUT2D eigenvalue weighted by Gasteiger charge is -2.50. The first-order chi connectivity index (χ1) is 18.6. The summed E-state index contributed by atoms with van der Waals surface area (Å²) in [6.45, 7) is 11.7. The summed E-state index contributed by atoms with van der Waals surface area (Å²) in [5.74, 6) is 0.910. The van der Waals surface area contributed by atoms with Crippen LogP contribution >= 0.6 is 0 Å². The number of benzene rings is 1. The summed E-state index contributed by atoms with van der Waals surface area (Å²) in [6, 6.07) is 10.1. The third-order valence-electron chi connectivity index (χ3n) is 7.13. The van der Waals surface area contributed by atoms with Gasteiger partial charge < -0.3 is 24.7 Å². The summed E-state index contributed by atoms with van der Waals surface area (Å²) >= 11 is 0. The number of methoxy groups -OCH3 is 1. The Kier molecular flexibility index (Phi) is 8.16. The summed E-state index contributed by atoms with van der Waals surface area (Å²) in [4.78, 5) is 33.2. The maximum absolute atomic E-state index is 13.0. The van der Waals surface area contributed by atoms with Crippen LogP contribution in [0.2, 0.25) is 0 Å². The first-order valence-electron chi connectivity index (χ1n) is 13.6. The van der Waals surface area contributed by atoms with E-state index >= 15 is 0 Å². The topological polar surface area (TPSA) is 96.5 Å². The van der Waals surface area contributed by atoms with Crippen molar-refractivity contribution in [1.82, 2.24) is 20.2 Å². The molecule has 1 amide bonds. The molecule has 3 aliphatic rings. The second kappa shape index (κ2) is 11.2. The van der Waals surface area contributed by atoms with Crippen LogP contribution in [-0.2, 0) is 28.8 Å². The Morgan fingerprint density at radius 2 is 1.79 bits per heavy atom. The molecule has 8 heteroatoms. The van der Waals surface area contributed by atoms with E-state index in [-0.39, 0.29) is 17.0 Å². The number of nitrogens with zero attached hydrogens (tertiary/aromatic N) is 2. The lowest BCUT2D eigenvalue weighted by atomic mass is 9.80. The van der Waals surface area contributed by atoms with E-state index in [2.05, 4.69) is 33.1 Å². The molecule has 4 heterocycles. The molecule has 0 radical (unpaired) electrons. The fraction of sp³-hybridized carbons (Fsp3) is 0.452. The number of likely N-dealkylation sites (N-methyl/N-ethyl adjacent to an activating group) is 1. The van der Waals surface area contributed by atoms with E-state index in [1.807, 2.05) is 65.1 Å². The molecule has 1 fully saturated rings. The number of aromatic amines is 1. The molecule has 6 rings (SSSR count). The molecule has 0 saturated carbocycles. The quantitative estimate of drug-likeness (QED) is 0.470. The van der Waals surface area contributed by atoms with Gasteiger partial charge in [0, 0.05) is 42.5 Å². The number of aromatic nitrogens is 2. The Hall–Kier alpha value is -3.65. The minimum absolute atomic E-state index is 0.0785. The van der Waals surface area contributed by atoms with Crippen LogP contribution in [0.25, 0.3) is 22.5 Å². The SMILES string of the molecule is CC.CC(C)(C)OC=O.COc1ccc(-c2cc3c(cn2)CCc2c-3[nH]c3c2C(=O)NC2(C3)CN(C)C2)cc1. The molecule has 0 unspecified atom stereocenters. The van der Waals surface area contributed by atoms with E-state index in [0.29, 0.717) is 6.47 Å². The predicted molar refractivity (Wildman–Crippen MR) is 153 cm³/mol. The number of rotatable bonds is 3. The summed E-state index contributed by atoms with van der Waals surface area (Å²) in [6.07, 6.45) is 4.64. The molecule has 2 aliphatic heterocycles. The van der Waals surface area contributed by atoms with Gasteiger partial charge in [0.1, 0.15) is 11.4 Å². The molecule has 1 saturated heterocycles. The van der Waals surface area contributed by atoms with E-state index in [9.17, 15) is 9.59 Å². The van der Waals surface area contributed by atoms with E-state index in [1.54, 1.807) is 7.11 Å². The summed E-state index contributed by atoms with van der Waals surface area (Å²) in [7, 11) is 3.76. The summed E-state index contributed by atoms with van der Waals surface area (Å²) in [5.41, 5.74) is 8.17. The van der Waals surface area contributed by atoms with Crippen LogP contribution in [0, 0.1) is 0 Å². The number of ether oxygens (including phenoxy) is 2. The zero-order valence-electron chi connectivity index (χ0n) is 24.1. The maximum atomic E-state index is 13.0. The van der Waals surface area contributed by atoms with Crippen molar-refractivity contribution in [2.75, 3.05) is 27.2 Å². The van der Waals surface area contributed by atoms with Crippen molar-refractivity contribution in [3.05, 3.63) is 58.9 Å². The fourth-order valence-corrected chi connectivity index (χ4v) is 5.59. The van der Waals surface area contributed by atoms with E-state index < -0.39 is 0 Å². The molecule has 1 aliphatic carbocycles. The summed E-state index contributed by atoms with van der Waals surface area (Å²) in [5, 5.41) is 3.30. The van der Waals surface area contributed by atoms with Gasteiger partial charge in [0.15, 0.2) is 0 Å². The smallest absolute Gasteiger partial charge is 0.293 e. The number of nitrogens with one attached hydrogen (secondary N) is 2. The van der Waals surface area contributed by atoms with Crippen molar-refractivity contribution in [2.45, 2.75) is 65.0 Å². The van der Waals surface area contributed by atoms with Gasteiger partial charge in [0.25, 0.3) is 12.4 Å². The van der Waals surface area contributed by atoms with Crippen molar-refractivity contribution in [3.63, 3.8) is 0 Å². The number of likely N-dealkylation sites (tertiary alicyclic amines) is 1. The van der Waals surface area contributed by atoms with Crippen molar-refractivity contribution < 1.29 is 19.1 Å². The van der Waals surface area contributed by atoms with Crippen LogP contribution in [0.4, 0.5) is 0 Å². The number of carbonyl (C=O) groups excluding carboxylic acids is 2. The van der Waals surface area contributed by atoms with E-state index in [4.69, 9.17) is 9.72 Å². The van der Waals surface area contributed by atoms with Crippen molar-refractivity contribution in [2.24, 2.45) is 0 Å². The highest BCUT2D eigenvalue weighted by atomic mass is 16.5. The molecular weight excluding hydrogens is 492 g/mol. The highest BCUT2D eigenvalue weighted by Crippen LogP contribution is 2.41. The fourth-order valence-electron chi connectivity index (χ4n) is 5.59. The van der Waals surface area contributed by atoms with Gasteiger partial charge in [-0.05, 0) is 82.1 Å². The Balaban J connectivity index is 0.000000345. The highest BCUT2D eigenvalue weighted by molar-refractivity contribution is 6.01. The average Bonchev–Trinajstić information content (AvgIpc) is 3.28. The Labute approximate surface area is 231 Å². The molecule has 2 aromatic heterocycles. The van der Waals surface area contributed by atoms with E-state index in [1.165, 1.54) is 11.1 Å². The van der Waals surface area contributed by atoms with Crippen LogP contribution in [0.3, 0.4) is 0 Å². The second-order valence-electron chi connectivity index (χ2n) is 11.2. The number of hydrogen-bond acceptors (Lipinski definition) is 6. The van der Waals surface area contributed by atoms with Crippen LogP contribution < -0.4 is 10.1 Å². The maximum Gasteiger partial charge on any atom is 0.293 e. The molecule has 8 nitrogen and oxygen atoms in total. The van der Waals surface area contributed by atoms with Gasteiger partial charge in [-0.25, -0.2) is 0 Å². The number of fused-ring (bicyclic) bond motifs is 5.